The van der Waals surface area contributed by atoms with Crippen molar-refractivity contribution in [1.82, 2.24) is 0 Å². The first-order valence-corrected chi connectivity index (χ1v) is 23.2. The van der Waals surface area contributed by atoms with E-state index in [0.29, 0.717) is 35.7 Å². The Labute approximate surface area is 406 Å². The molecule has 0 aromatic heterocycles. The second kappa shape index (κ2) is 20.6. The van der Waals surface area contributed by atoms with E-state index < -0.39 is 11.6 Å². The first-order valence-electron chi connectivity index (χ1n) is 21.7. The Kier molecular flexibility index (Phi) is 14.5. The van der Waals surface area contributed by atoms with Crippen LogP contribution < -0.4 is 20.1 Å². The van der Waals surface area contributed by atoms with Gasteiger partial charge in [-0.25, -0.2) is 4.79 Å². The van der Waals surface area contributed by atoms with Gasteiger partial charge in [-0.15, -0.1) is 0 Å². The number of carbonyl (C=O) groups is 1. The third-order valence-electron chi connectivity index (χ3n) is 11.9. The van der Waals surface area contributed by atoms with E-state index in [4.69, 9.17) is 60.6 Å². The largest absolute Gasteiger partial charge is 0.497 e. The number of hydrogen-bond acceptors (Lipinski definition) is 6. The fourth-order valence-electron chi connectivity index (χ4n) is 8.22. The van der Waals surface area contributed by atoms with E-state index >= 15 is 0 Å². The molecule has 6 nitrogen and oxygen atoms in total. The third kappa shape index (κ3) is 9.70. The molecule has 0 fully saturated rings. The molecule has 10 heteroatoms. The molecule has 66 heavy (non-hydrogen) atoms. The van der Waals surface area contributed by atoms with Gasteiger partial charge in [0.05, 0.1) is 39.9 Å². The molecule has 0 saturated carbocycles. The van der Waals surface area contributed by atoms with E-state index in [-0.39, 0.29) is 31.2 Å². The van der Waals surface area contributed by atoms with E-state index in [1.807, 2.05) is 109 Å². The van der Waals surface area contributed by atoms with Crippen molar-refractivity contribution in [1.29, 1.82) is 0 Å². The van der Waals surface area contributed by atoms with Gasteiger partial charge in [-0.2, -0.15) is 0 Å². The van der Waals surface area contributed by atoms with Gasteiger partial charge in [0.15, 0.2) is 5.60 Å². The maximum atomic E-state index is 14.6. The molecule has 7 aromatic carbocycles. The lowest BCUT2D eigenvalue weighted by molar-refractivity contribution is 0.0300. The summed E-state index contributed by atoms with van der Waals surface area (Å²) in [4.78, 5) is 14.6. The number of carbonyl (C=O) groups excluding carboxylic acids is 1. The number of fused-ring (bicyclic) bond motifs is 1. The second-order valence-electron chi connectivity index (χ2n) is 15.9. The summed E-state index contributed by atoms with van der Waals surface area (Å²) in [5.41, 5.74) is 9.71. The summed E-state index contributed by atoms with van der Waals surface area (Å²) in [6, 6.07) is 48.7. The van der Waals surface area contributed by atoms with Crippen LogP contribution in [0.1, 0.15) is 74.3 Å². The van der Waals surface area contributed by atoms with Gasteiger partial charge in [0.25, 0.3) is 0 Å². The highest BCUT2D eigenvalue weighted by Gasteiger charge is 2.48. The maximum Gasteiger partial charge on any atom is 0.341 e. The van der Waals surface area contributed by atoms with Crippen molar-refractivity contribution in [3.63, 3.8) is 0 Å². The van der Waals surface area contributed by atoms with Crippen molar-refractivity contribution in [3.8, 4) is 11.5 Å². The molecule has 0 radical (unpaired) electrons. The van der Waals surface area contributed by atoms with Crippen LogP contribution in [0.25, 0.3) is 11.1 Å². The Morgan fingerprint density at radius 3 is 1.33 bits per heavy atom. The Hall–Kier alpha value is -6.15. The van der Waals surface area contributed by atoms with Crippen LogP contribution in [0, 0.1) is 0 Å². The summed E-state index contributed by atoms with van der Waals surface area (Å²) in [5.74, 6) is 0.640. The van der Waals surface area contributed by atoms with Crippen molar-refractivity contribution in [2.45, 2.75) is 45.4 Å². The number of para-hydroxylation sites is 2. The third-order valence-corrected chi connectivity index (χ3v) is 13.7. The Morgan fingerprint density at radius 2 is 0.924 bits per heavy atom. The van der Waals surface area contributed by atoms with Crippen LogP contribution in [0.2, 0.25) is 20.1 Å². The fraction of sp³-hybridized carbons (Fsp3) is 0.161. The average Bonchev–Trinajstić information content (AvgIpc) is 3.66. The number of rotatable bonds is 16. The number of esters is 1. The van der Waals surface area contributed by atoms with Gasteiger partial charge in [0.2, 0.25) is 0 Å². The predicted octanol–water partition coefficient (Wildman–Crippen LogP) is 15.3. The van der Waals surface area contributed by atoms with Crippen molar-refractivity contribution in [3.05, 3.63) is 233 Å². The molecule has 0 atom stereocenters. The molecular weight excluding hydrogens is 906 g/mol. The maximum absolute atomic E-state index is 14.6. The first-order chi connectivity index (χ1) is 32.1. The highest BCUT2D eigenvalue weighted by atomic mass is 35.5. The number of aryl methyl sites for hydroxylation is 2. The van der Waals surface area contributed by atoms with E-state index in [1.165, 1.54) is 11.1 Å². The highest BCUT2D eigenvalue weighted by Crippen LogP contribution is 2.54. The highest BCUT2D eigenvalue weighted by molar-refractivity contribution is 6.53. The van der Waals surface area contributed by atoms with E-state index in [0.717, 1.165) is 57.6 Å². The van der Waals surface area contributed by atoms with Gasteiger partial charge in [-0.3, -0.25) is 0 Å². The molecule has 0 amide bonds. The quantitative estimate of drug-likeness (QED) is 0.0571. The molecule has 0 unspecified atom stereocenters. The fourth-order valence-corrected chi connectivity index (χ4v) is 9.30. The summed E-state index contributed by atoms with van der Waals surface area (Å²) in [5, 5.41) is 7.31. The monoisotopic (exact) mass is 952 g/mol. The Bertz CT molecular complexity index is 2770. The molecule has 1 aliphatic heterocycles. The molecule has 0 spiro atoms. The van der Waals surface area contributed by atoms with Gasteiger partial charge in [0.1, 0.15) is 11.5 Å². The average molecular weight is 955 g/mol. The SMILES string of the molecule is CCc1ccc(CNc2ccccc2/C(=C/C2(/C=C(\c3ccc(OC)cc3)c3ccccc3NCc3ccc(CC)cc3)OC(=O)c3c(Cl)c(Cl)c(Cl)c(Cl)c32)c2ccc(OC)cc2)cc1. The molecule has 8 rings (SSSR count). The van der Waals surface area contributed by atoms with Gasteiger partial charge < -0.3 is 24.8 Å². The molecule has 1 aliphatic rings. The van der Waals surface area contributed by atoms with Crippen molar-refractivity contribution < 1.29 is 19.0 Å². The number of ether oxygens (including phenoxy) is 3. The van der Waals surface area contributed by atoms with Gasteiger partial charge >= 0.3 is 5.97 Å². The minimum Gasteiger partial charge on any atom is -0.497 e. The standard InChI is InChI=1S/C56H48Cl4N2O4/c1-5-35-15-19-37(20-16-35)33-61-47-13-9-7-11-43(47)45(39-23-27-41(64-3)28-24-39)31-56(50-49(55(63)66-56)51(57)53(59)54(60)52(50)58)32-46(40-25-29-42(65-4)30-26-40)44-12-8-10-14-48(44)62-34-38-21-17-36(6-2)18-22-38/h7-32,61-62H,5-6,33-34H2,1-4H3/b45-31+,46-32+. The minimum atomic E-state index is -1.74. The lowest BCUT2D eigenvalue weighted by Crippen LogP contribution is -2.23. The smallest absolute Gasteiger partial charge is 0.341 e. The van der Waals surface area contributed by atoms with Gasteiger partial charge in [-0.1, -0.05) is 169 Å². The van der Waals surface area contributed by atoms with Crippen LogP contribution in [0.5, 0.6) is 11.5 Å². The number of cyclic esters (lactones) is 1. The molecule has 0 saturated heterocycles. The lowest BCUT2D eigenvalue weighted by Gasteiger charge is -2.28. The lowest BCUT2D eigenvalue weighted by atomic mass is 9.82. The van der Waals surface area contributed by atoms with Crippen LogP contribution in [0.15, 0.2) is 158 Å². The molecular formula is C56H48Cl4N2O4. The molecule has 2 N–H and O–H groups in total. The van der Waals surface area contributed by atoms with Gasteiger partial charge in [-0.05, 0) is 106 Å². The number of methoxy groups -OCH3 is 2. The number of halogens is 4. The molecule has 334 valence electrons. The normalized spacial score (nSPS) is 14.7. The topological polar surface area (TPSA) is 68.8 Å². The summed E-state index contributed by atoms with van der Waals surface area (Å²) in [6.45, 7) is 5.41. The number of nitrogens with one attached hydrogen (secondary N) is 2. The Balaban J connectivity index is 1.40. The molecule has 1 heterocycles. The molecule has 7 aromatic rings. The molecule has 0 bridgehead atoms. The van der Waals surface area contributed by atoms with Crippen LogP contribution >= 0.6 is 46.4 Å². The summed E-state index contributed by atoms with van der Waals surface area (Å²) in [6.07, 6.45) is 5.77. The van der Waals surface area contributed by atoms with Gasteiger partial charge in [0, 0.05) is 41.2 Å². The molecule has 0 aliphatic carbocycles. The van der Waals surface area contributed by atoms with Crippen molar-refractivity contribution >= 4 is 74.9 Å². The summed E-state index contributed by atoms with van der Waals surface area (Å²) < 4.78 is 17.9. The predicted molar refractivity (Wildman–Crippen MR) is 273 cm³/mol. The van der Waals surface area contributed by atoms with Crippen LogP contribution in [-0.4, -0.2) is 20.2 Å². The first kappa shape index (κ1) is 46.4. The zero-order chi connectivity index (χ0) is 46.4. The van der Waals surface area contributed by atoms with Crippen LogP contribution in [0.3, 0.4) is 0 Å². The van der Waals surface area contributed by atoms with E-state index in [1.54, 1.807) is 14.2 Å². The summed E-state index contributed by atoms with van der Waals surface area (Å²) >= 11 is 27.9. The Morgan fingerprint density at radius 1 is 0.530 bits per heavy atom. The van der Waals surface area contributed by atoms with E-state index in [2.05, 4.69) is 73.0 Å². The second-order valence-corrected chi connectivity index (χ2v) is 17.4. The van der Waals surface area contributed by atoms with Crippen molar-refractivity contribution in [2.24, 2.45) is 0 Å². The number of anilines is 2. The number of benzene rings is 7. The zero-order valence-corrected chi connectivity index (χ0v) is 40.0. The van der Waals surface area contributed by atoms with Crippen molar-refractivity contribution in [2.75, 3.05) is 24.9 Å². The van der Waals surface area contributed by atoms with Crippen LogP contribution in [-0.2, 0) is 36.3 Å². The van der Waals surface area contributed by atoms with Crippen LogP contribution in [0.4, 0.5) is 11.4 Å². The van der Waals surface area contributed by atoms with E-state index in [9.17, 15) is 4.79 Å². The number of hydrogen-bond donors (Lipinski definition) is 2. The summed E-state index contributed by atoms with van der Waals surface area (Å²) in [7, 11) is 3.26. The zero-order valence-electron chi connectivity index (χ0n) is 37.0. The minimum absolute atomic E-state index is 0.00382.